The number of anilines is 1. The number of alkyl halides is 2. The van der Waals surface area contributed by atoms with Gasteiger partial charge in [-0.25, -0.2) is 0 Å². The van der Waals surface area contributed by atoms with Crippen LogP contribution in [0.5, 0.6) is 5.75 Å². The molecule has 0 saturated heterocycles. The van der Waals surface area contributed by atoms with Crippen LogP contribution in [-0.4, -0.2) is 12.7 Å². The van der Waals surface area contributed by atoms with Crippen LogP contribution < -0.4 is 10.1 Å². The molecule has 1 fully saturated rings. The molecule has 1 N–H and O–H groups in total. The van der Waals surface area contributed by atoms with E-state index in [9.17, 15) is 8.78 Å². The van der Waals surface area contributed by atoms with Gasteiger partial charge in [0.25, 0.3) is 0 Å². The van der Waals surface area contributed by atoms with E-state index in [1.165, 1.54) is 6.07 Å². The highest BCUT2D eigenvalue weighted by Gasteiger charge is 2.21. The van der Waals surface area contributed by atoms with Gasteiger partial charge in [-0.2, -0.15) is 8.78 Å². The van der Waals surface area contributed by atoms with Gasteiger partial charge in [-0.1, -0.05) is 11.6 Å². The van der Waals surface area contributed by atoms with E-state index in [-0.39, 0.29) is 10.8 Å². The third kappa shape index (κ3) is 2.96. The molecule has 2 nitrogen and oxygen atoms in total. The summed E-state index contributed by atoms with van der Waals surface area (Å²) in [5, 5.41) is 3.41. The summed E-state index contributed by atoms with van der Waals surface area (Å²) >= 11 is 5.78. The molecule has 1 aliphatic carbocycles. The molecular formula is C10H10ClF2NO. The lowest BCUT2D eigenvalue weighted by molar-refractivity contribution is -0.0497. The van der Waals surface area contributed by atoms with Crippen LogP contribution in [0.3, 0.4) is 0 Å². The van der Waals surface area contributed by atoms with Crippen molar-refractivity contribution in [3.05, 3.63) is 23.2 Å². The van der Waals surface area contributed by atoms with Gasteiger partial charge >= 0.3 is 6.61 Å². The van der Waals surface area contributed by atoms with Crippen LogP contribution in [-0.2, 0) is 0 Å². The maximum Gasteiger partial charge on any atom is 0.387 e. The van der Waals surface area contributed by atoms with Crippen molar-refractivity contribution in [1.29, 1.82) is 0 Å². The third-order valence-electron chi connectivity index (χ3n) is 2.10. The van der Waals surface area contributed by atoms with E-state index >= 15 is 0 Å². The molecule has 0 bridgehead atoms. The Balaban J connectivity index is 2.07. The predicted molar refractivity (Wildman–Crippen MR) is 54.7 cm³/mol. The fourth-order valence-corrected chi connectivity index (χ4v) is 1.47. The first-order valence-electron chi connectivity index (χ1n) is 4.66. The van der Waals surface area contributed by atoms with Gasteiger partial charge in [0.05, 0.1) is 5.02 Å². The molecule has 0 aromatic heterocycles. The van der Waals surface area contributed by atoms with Crippen LogP contribution in [0.2, 0.25) is 5.02 Å². The van der Waals surface area contributed by atoms with Crippen molar-refractivity contribution < 1.29 is 13.5 Å². The topological polar surface area (TPSA) is 21.3 Å². The molecule has 0 radical (unpaired) electrons. The molecule has 0 amide bonds. The minimum Gasteiger partial charge on any atom is -0.433 e. The van der Waals surface area contributed by atoms with Gasteiger partial charge in [0.2, 0.25) is 0 Å². The number of nitrogens with one attached hydrogen (secondary N) is 1. The van der Waals surface area contributed by atoms with Crippen LogP contribution in [0.4, 0.5) is 14.5 Å². The quantitative estimate of drug-likeness (QED) is 0.859. The van der Waals surface area contributed by atoms with Crippen molar-refractivity contribution in [3.8, 4) is 5.75 Å². The zero-order valence-corrected chi connectivity index (χ0v) is 8.60. The largest absolute Gasteiger partial charge is 0.433 e. The molecule has 82 valence electrons. The second-order valence-electron chi connectivity index (χ2n) is 3.44. The van der Waals surface area contributed by atoms with E-state index in [0.717, 1.165) is 18.5 Å². The molecule has 0 unspecified atom stereocenters. The first kappa shape index (κ1) is 10.5. The van der Waals surface area contributed by atoms with E-state index in [2.05, 4.69) is 10.1 Å². The summed E-state index contributed by atoms with van der Waals surface area (Å²) in [4.78, 5) is 0. The van der Waals surface area contributed by atoms with Gasteiger partial charge < -0.3 is 10.1 Å². The highest BCUT2D eigenvalue weighted by Crippen LogP contribution is 2.31. The minimum atomic E-state index is -2.84. The van der Waals surface area contributed by atoms with E-state index in [1.807, 2.05) is 0 Å². The Morgan fingerprint density at radius 2 is 2.13 bits per heavy atom. The van der Waals surface area contributed by atoms with Crippen molar-refractivity contribution in [2.24, 2.45) is 0 Å². The van der Waals surface area contributed by atoms with Crippen molar-refractivity contribution in [2.45, 2.75) is 25.5 Å². The van der Waals surface area contributed by atoms with E-state index in [0.29, 0.717) is 6.04 Å². The van der Waals surface area contributed by atoms with Crippen molar-refractivity contribution in [1.82, 2.24) is 0 Å². The van der Waals surface area contributed by atoms with Crippen LogP contribution in [0.15, 0.2) is 18.2 Å². The summed E-state index contributed by atoms with van der Waals surface area (Å²) in [6, 6.07) is 5.22. The summed E-state index contributed by atoms with van der Waals surface area (Å²) in [5.41, 5.74) is 0.837. The summed E-state index contributed by atoms with van der Waals surface area (Å²) < 4.78 is 28.1. The van der Waals surface area contributed by atoms with Gasteiger partial charge in [-0.3, -0.25) is 0 Å². The Bertz CT molecular complexity index is 355. The first-order valence-corrected chi connectivity index (χ1v) is 5.04. The standard InChI is InChI=1S/C10H10ClF2NO/c11-8-5-7(14-6-1-2-6)3-4-9(8)15-10(12)13/h3-6,10,14H,1-2H2. The number of hydrogen-bond donors (Lipinski definition) is 1. The van der Waals surface area contributed by atoms with Gasteiger partial charge in [0.15, 0.2) is 0 Å². The zero-order valence-electron chi connectivity index (χ0n) is 7.84. The van der Waals surface area contributed by atoms with Crippen LogP contribution in [0.1, 0.15) is 12.8 Å². The fourth-order valence-electron chi connectivity index (χ4n) is 1.25. The van der Waals surface area contributed by atoms with Crippen LogP contribution in [0, 0.1) is 0 Å². The molecule has 1 aromatic carbocycles. The van der Waals surface area contributed by atoms with Gasteiger partial charge in [-0.15, -0.1) is 0 Å². The smallest absolute Gasteiger partial charge is 0.387 e. The highest BCUT2D eigenvalue weighted by atomic mass is 35.5. The molecule has 2 rings (SSSR count). The van der Waals surface area contributed by atoms with Gasteiger partial charge in [0, 0.05) is 11.7 Å². The van der Waals surface area contributed by atoms with Crippen LogP contribution in [0.25, 0.3) is 0 Å². The van der Waals surface area contributed by atoms with Crippen molar-refractivity contribution in [2.75, 3.05) is 5.32 Å². The first-order chi connectivity index (χ1) is 7.15. The Kier molecular flexibility index (Phi) is 2.95. The van der Waals surface area contributed by atoms with Gasteiger partial charge in [0.1, 0.15) is 5.75 Å². The zero-order chi connectivity index (χ0) is 10.8. The Morgan fingerprint density at radius 1 is 1.40 bits per heavy atom. The molecular weight excluding hydrogens is 224 g/mol. The lowest BCUT2D eigenvalue weighted by atomic mass is 10.3. The average Bonchev–Trinajstić information content (AvgIpc) is 2.93. The van der Waals surface area contributed by atoms with Crippen molar-refractivity contribution >= 4 is 17.3 Å². The predicted octanol–water partition coefficient (Wildman–Crippen LogP) is 3.52. The number of benzene rings is 1. The van der Waals surface area contributed by atoms with Crippen molar-refractivity contribution in [3.63, 3.8) is 0 Å². The van der Waals surface area contributed by atoms with Crippen LogP contribution >= 0.6 is 11.6 Å². The number of ether oxygens (including phenoxy) is 1. The Labute approximate surface area is 91.2 Å². The highest BCUT2D eigenvalue weighted by molar-refractivity contribution is 6.32. The fraction of sp³-hybridized carbons (Fsp3) is 0.400. The molecule has 0 heterocycles. The number of halogens is 3. The molecule has 15 heavy (non-hydrogen) atoms. The van der Waals surface area contributed by atoms with E-state index in [4.69, 9.17) is 11.6 Å². The Hall–Kier alpha value is -1.03. The number of hydrogen-bond acceptors (Lipinski definition) is 2. The average molecular weight is 234 g/mol. The minimum absolute atomic E-state index is 0.00742. The van der Waals surface area contributed by atoms with E-state index < -0.39 is 6.61 Å². The maximum absolute atomic E-state index is 11.9. The van der Waals surface area contributed by atoms with Gasteiger partial charge in [-0.05, 0) is 31.0 Å². The summed E-state index contributed by atoms with van der Waals surface area (Å²) in [6.07, 6.45) is 2.29. The second-order valence-corrected chi connectivity index (χ2v) is 3.85. The molecule has 1 saturated carbocycles. The summed E-state index contributed by atoms with van der Waals surface area (Å²) in [7, 11) is 0. The summed E-state index contributed by atoms with van der Waals surface area (Å²) in [6.45, 7) is -2.84. The summed E-state index contributed by atoms with van der Waals surface area (Å²) in [5.74, 6) is 0.00742. The molecule has 1 aromatic rings. The monoisotopic (exact) mass is 233 g/mol. The molecule has 1 aliphatic rings. The molecule has 0 atom stereocenters. The molecule has 0 spiro atoms. The Morgan fingerprint density at radius 3 is 2.67 bits per heavy atom. The molecule has 0 aliphatic heterocycles. The molecule has 5 heteroatoms. The maximum atomic E-state index is 11.9. The third-order valence-corrected chi connectivity index (χ3v) is 2.39. The lowest BCUT2D eigenvalue weighted by Gasteiger charge is -2.09. The van der Waals surface area contributed by atoms with E-state index in [1.54, 1.807) is 12.1 Å². The normalized spacial score (nSPS) is 15.5. The second kappa shape index (κ2) is 4.23. The lowest BCUT2D eigenvalue weighted by Crippen LogP contribution is -2.04. The SMILES string of the molecule is FC(F)Oc1ccc(NC2CC2)cc1Cl. The number of rotatable bonds is 4.